The molecule has 2 rings (SSSR count). The molecular formula is C13H13BrN2O4S. The van der Waals surface area contributed by atoms with Crippen molar-refractivity contribution in [3.8, 4) is 5.75 Å². The topological polar surface area (TPSA) is 85.5 Å². The van der Waals surface area contributed by atoms with Crippen molar-refractivity contribution in [2.24, 2.45) is 0 Å². The Morgan fingerprint density at radius 2 is 2.29 bits per heavy atom. The molecule has 0 aliphatic carbocycles. The van der Waals surface area contributed by atoms with Gasteiger partial charge in [0.25, 0.3) is 0 Å². The summed E-state index contributed by atoms with van der Waals surface area (Å²) in [5.41, 5.74) is 0.876. The third-order valence-corrected chi connectivity index (χ3v) is 4.02. The van der Waals surface area contributed by atoms with Crippen LogP contribution < -0.4 is 4.74 Å². The van der Waals surface area contributed by atoms with Crippen LogP contribution in [0.4, 0.5) is 5.69 Å². The van der Waals surface area contributed by atoms with E-state index in [9.17, 15) is 15.2 Å². The van der Waals surface area contributed by atoms with Crippen LogP contribution in [0.25, 0.3) is 0 Å². The Balaban J connectivity index is 2.37. The normalized spacial score (nSPS) is 12.2. The summed E-state index contributed by atoms with van der Waals surface area (Å²) < 4.78 is 6.08. The van der Waals surface area contributed by atoms with Gasteiger partial charge in [-0.05, 0) is 19.9 Å². The van der Waals surface area contributed by atoms with E-state index in [1.807, 2.05) is 12.3 Å². The highest BCUT2D eigenvalue weighted by molar-refractivity contribution is 9.10. The molecule has 0 saturated heterocycles. The maximum atomic E-state index is 11.2. The van der Waals surface area contributed by atoms with Gasteiger partial charge in [0.05, 0.1) is 21.7 Å². The number of aliphatic hydroxyl groups is 1. The van der Waals surface area contributed by atoms with Gasteiger partial charge < -0.3 is 9.84 Å². The van der Waals surface area contributed by atoms with Gasteiger partial charge in [-0.2, -0.15) is 0 Å². The summed E-state index contributed by atoms with van der Waals surface area (Å²) in [6, 6.07) is 2.97. The Labute approximate surface area is 133 Å². The van der Waals surface area contributed by atoms with E-state index in [1.165, 1.54) is 24.3 Å². The molecule has 1 atom stereocenters. The van der Waals surface area contributed by atoms with Gasteiger partial charge in [-0.25, -0.2) is 4.98 Å². The monoisotopic (exact) mass is 372 g/mol. The predicted octanol–water partition coefficient (Wildman–Crippen LogP) is 3.75. The maximum absolute atomic E-state index is 11.2. The summed E-state index contributed by atoms with van der Waals surface area (Å²) in [6.07, 6.45) is -0.881. The van der Waals surface area contributed by atoms with Gasteiger partial charge in [0, 0.05) is 21.5 Å². The Morgan fingerprint density at radius 1 is 1.57 bits per heavy atom. The summed E-state index contributed by atoms with van der Waals surface area (Å²) in [7, 11) is 0. The van der Waals surface area contributed by atoms with E-state index in [-0.39, 0.29) is 18.0 Å². The van der Waals surface area contributed by atoms with Crippen molar-refractivity contribution in [3.63, 3.8) is 0 Å². The standard InChI is InChI=1S/C13H13BrN2O4S/c1-7(17)11-3-9(14)4-12(16(18)19)13(11)20-5-10-6-21-8(2)15-10/h3-4,6-7,17H,5H2,1-2H3/t7-/m0/s1. The van der Waals surface area contributed by atoms with E-state index in [0.717, 1.165) is 5.01 Å². The highest BCUT2D eigenvalue weighted by Gasteiger charge is 2.23. The fraction of sp³-hybridized carbons (Fsp3) is 0.308. The van der Waals surface area contributed by atoms with E-state index in [4.69, 9.17) is 4.74 Å². The van der Waals surface area contributed by atoms with Crippen LogP contribution in [0.3, 0.4) is 0 Å². The zero-order valence-electron chi connectivity index (χ0n) is 11.4. The third kappa shape index (κ3) is 3.78. The number of nitrogens with zero attached hydrogens (tertiary/aromatic N) is 2. The van der Waals surface area contributed by atoms with Crippen LogP contribution in [-0.4, -0.2) is 15.0 Å². The molecule has 0 aliphatic heterocycles. The zero-order chi connectivity index (χ0) is 15.6. The Bertz CT molecular complexity index is 672. The van der Waals surface area contributed by atoms with Crippen LogP contribution in [0.2, 0.25) is 0 Å². The molecule has 0 spiro atoms. The molecule has 2 aromatic rings. The number of halogens is 1. The number of ether oxygens (including phenoxy) is 1. The van der Waals surface area contributed by atoms with Crippen LogP contribution in [0.1, 0.15) is 29.3 Å². The number of nitro groups is 1. The smallest absolute Gasteiger partial charge is 0.312 e. The van der Waals surface area contributed by atoms with Gasteiger partial charge in [-0.1, -0.05) is 15.9 Å². The van der Waals surface area contributed by atoms with E-state index in [0.29, 0.717) is 15.7 Å². The number of aryl methyl sites for hydroxylation is 1. The SMILES string of the molecule is Cc1nc(COc2c([C@H](C)O)cc(Br)cc2[N+](=O)[O-])cs1. The zero-order valence-corrected chi connectivity index (χ0v) is 13.8. The lowest BCUT2D eigenvalue weighted by atomic mass is 10.1. The van der Waals surface area contributed by atoms with Gasteiger partial charge in [-0.15, -0.1) is 11.3 Å². The first-order chi connectivity index (χ1) is 9.88. The van der Waals surface area contributed by atoms with Gasteiger partial charge >= 0.3 is 5.69 Å². The molecular weight excluding hydrogens is 360 g/mol. The second-order valence-corrected chi connectivity index (χ2v) is 6.40. The number of aromatic nitrogens is 1. The van der Waals surface area contributed by atoms with Gasteiger partial charge in [0.15, 0.2) is 0 Å². The summed E-state index contributed by atoms with van der Waals surface area (Å²) >= 11 is 4.68. The van der Waals surface area contributed by atoms with Crippen molar-refractivity contribution < 1.29 is 14.8 Å². The first-order valence-corrected chi connectivity index (χ1v) is 7.75. The number of nitro benzene ring substituents is 1. The molecule has 21 heavy (non-hydrogen) atoms. The lowest BCUT2D eigenvalue weighted by molar-refractivity contribution is -0.386. The highest BCUT2D eigenvalue weighted by Crippen LogP contribution is 2.38. The molecule has 0 fully saturated rings. The van der Waals surface area contributed by atoms with E-state index in [2.05, 4.69) is 20.9 Å². The first-order valence-electron chi connectivity index (χ1n) is 6.08. The van der Waals surface area contributed by atoms with Crippen molar-refractivity contribution in [2.75, 3.05) is 0 Å². The number of hydrogen-bond acceptors (Lipinski definition) is 6. The Hall–Kier alpha value is -1.51. The molecule has 0 radical (unpaired) electrons. The third-order valence-electron chi connectivity index (χ3n) is 2.74. The largest absolute Gasteiger partial charge is 0.480 e. The average Bonchev–Trinajstić information content (AvgIpc) is 2.81. The Kier molecular flexibility index (Phi) is 4.92. The maximum Gasteiger partial charge on any atom is 0.312 e. The van der Waals surface area contributed by atoms with Crippen molar-refractivity contribution in [1.29, 1.82) is 0 Å². The minimum absolute atomic E-state index is 0.0730. The number of benzene rings is 1. The molecule has 1 heterocycles. The van der Waals surface area contributed by atoms with Crippen molar-refractivity contribution in [3.05, 3.63) is 48.4 Å². The molecule has 1 N–H and O–H groups in total. The van der Waals surface area contributed by atoms with E-state index >= 15 is 0 Å². The number of hydrogen-bond donors (Lipinski definition) is 1. The van der Waals surface area contributed by atoms with Crippen molar-refractivity contribution in [1.82, 2.24) is 4.98 Å². The lowest BCUT2D eigenvalue weighted by Crippen LogP contribution is -2.05. The number of aliphatic hydroxyl groups excluding tert-OH is 1. The first kappa shape index (κ1) is 15.9. The second kappa shape index (κ2) is 6.50. The highest BCUT2D eigenvalue weighted by atomic mass is 79.9. The van der Waals surface area contributed by atoms with Crippen molar-refractivity contribution >= 4 is 33.0 Å². The average molecular weight is 373 g/mol. The predicted molar refractivity (Wildman–Crippen MR) is 82.6 cm³/mol. The minimum Gasteiger partial charge on any atom is -0.480 e. The minimum atomic E-state index is -0.881. The summed E-state index contributed by atoms with van der Waals surface area (Å²) in [6.45, 7) is 3.52. The molecule has 6 nitrogen and oxygen atoms in total. The van der Waals surface area contributed by atoms with Crippen LogP contribution >= 0.6 is 27.3 Å². The summed E-state index contributed by atoms with van der Waals surface area (Å²) in [5.74, 6) is 0.0730. The van der Waals surface area contributed by atoms with Crippen LogP contribution in [0, 0.1) is 17.0 Å². The molecule has 0 bridgehead atoms. The summed E-state index contributed by atoms with van der Waals surface area (Å²) in [5, 5.41) is 23.7. The van der Waals surface area contributed by atoms with Gasteiger partial charge in [0.1, 0.15) is 6.61 Å². The molecule has 0 aliphatic rings. The fourth-order valence-electron chi connectivity index (χ4n) is 1.82. The lowest BCUT2D eigenvalue weighted by Gasteiger charge is -2.13. The van der Waals surface area contributed by atoms with Crippen LogP contribution in [0.5, 0.6) is 5.75 Å². The van der Waals surface area contributed by atoms with Crippen LogP contribution in [0.15, 0.2) is 22.0 Å². The molecule has 0 unspecified atom stereocenters. The fourth-order valence-corrected chi connectivity index (χ4v) is 2.88. The van der Waals surface area contributed by atoms with Gasteiger partial charge in [0.2, 0.25) is 5.75 Å². The second-order valence-electron chi connectivity index (χ2n) is 4.42. The molecule has 0 amide bonds. The molecule has 1 aromatic carbocycles. The molecule has 8 heteroatoms. The van der Waals surface area contributed by atoms with Gasteiger partial charge in [-0.3, -0.25) is 10.1 Å². The van der Waals surface area contributed by atoms with E-state index in [1.54, 1.807) is 6.07 Å². The van der Waals surface area contributed by atoms with Crippen molar-refractivity contribution in [2.45, 2.75) is 26.6 Å². The molecule has 0 saturated carbocycles. The number of rotatable bonds is 5. The summed E-state index contributed by atoms with van der Waals surface area (Å²) in [4.78, 5) is 14.9. The molecule has 112 valence electrons. The number of thiazole rings is 1. The molecule has 1 aromatic heterocycles. The quantitative estimate of drug-likeness (QED) is 0.637. The Morgan fingerprint density at radius 3 is 2.81 bits per heavy atom. The van der Waals surface area contributed by atoms with Crippen LogP contribution in [-0.2, 0) is 6.61 Å². The van der Waals surface area contributed by atoms with E-state index < -0.39 is 11.0 Å².